The van der Waals surface area contributed by atoms with Gasteiger partial charge in [-0.25, -0.2) is 0 Å². The maximum Gasteiger partial charge on any atom is 0.324 e. The number of aryl methyl sites for hydroxylation is 1. The number of carbonyl (C=O) groups is 1. The maximum absolute atomic E-state index is 11.6. The molecule has 0 saturated heterocycles. The monoisotopic (exact) mass is 250 g/mol. The van der Waals surface area contributed by atoms with Crippen molar-refractivity contribution in [2.24, 2.45) is 0 Å². The summed E-state index contributed by atoms with van der Waals surface area (Å²) in [7, 11) is 3.18. The zero-order chi connectivity index (χ0) is 13.5. The third-order valence-electron chi connectivity index (χ3n) is 2.99. The molecule has 0 aliphatic heterocycles. The molecule has 0 radical (unpaired) electrons. The summed E-state index contributed by atoms with van der Waals surface area (Å²) in [5.74, 6) is -0.233. The highest BCUT2D eigenvalue weighted by Gasteiger charge is 2.20. The van der Waals surface area contributed by atoms with Crippen LogP contribution in [0.4, 0.5) is 5.69 Å². The average molecular weight is 250 g/mol. The van der Waals surface area contributed by atoms with Crippen molar-refractivity contribution in [1.29, 1.82) is 0 Å². The first kappa shape index (κ1) is 14.5. The highest BCUT2D eigenvalue weighted by atomic mass is 16.5. The van der Waals surface area contributed by atoms with E-state index >= 15 is 0 Å². The molecule has 1 aromatic rings. The van der Waals surface area contributed by atoms with Gasteiger partial charge in [0.15, 0.2) is 0 Å². The predicted molar refractivity (Wildman–Crippen MR) is 73.9 cm³/mol. The molecule has 0 heterocycles. The number of hydrogen-bond donors (Lipinski definition) is 1. The van der Waals surface area contributed by atoms with Crippen molar-refractivity contribution in [3.05, 3.63) is 29.8 Å². The summed E-state index contributed by atoms with van der Waals surface area (Å²) in [6.07, 6.45) is 0. The lowest BCUT2D eigenvalue weighted by Crippen LogP contribution is -2.45. The minimum Gasteiger partial charge on any atom is -0.468 e. The van der Waals surface area contributed by atoms with E-state index in [1.54, 1.807) is 7.05 Å². The summed E-state index contributed by atoms with van der Waals surface area (Å²) in [6, 6.07) is 7.96. The smallest absolute Gasteiger partial charge is 0.324 e. The fraction of sp³-hybridized carbons (Fsp3) is 0.500. The predicted octanol–water partition coefficient (Wildman–Crippen LogP) is 1.58. The minimum absolute atomic E-state index is 0.233. The second kappa shape index (κ2) is 7.01. The molecule has 1 aromatic carbocycles. The Hall–Kier alpha value is -1.55. The normalized spacial score (nSPS) is 12.0. The molecule has 4 nitrogen and oxygen atoms in total. The maximum atomic E-state index is 11.6. The number of esters is 1. The van der Waals surface area contributed by atoms with Crippen LogP contribution in [0.25, 0.3) is 0 Å². The third-order valence-corrected chi connectivity index (χ3v) is 2.99. The minimum atomic E-state index is -0.310. The Kier molecular flexibility index (Phi) is 5.65. The van der Waals surface area contributed by atoms with Gasteiger partial charge in [0.1, 0.15) is 6.04 Å². The molecule has 0 aliphatic rings. The molecule has 18 heavy (non-hydrogen) atoms. The van der Waals surface area contributed by atoms with Crippen molar-refractivity contribution in [1.82, 2.24) is 5.32 Å². The summed E-state index contributed by atoms with van der Waals surface area (Å²) in [5.41, 5.74) is 2.34. The third kappa shape index (κ3) is 3.74. The first-order valence-electron chi connectivity index (χ1n) is 6.19. The van der Waals surface area contributed by atoms with Crippen LogP contribution in [0.2, 0.25) is 0 Å². The molecule has 1 atom stereocenters. The van der Waals surface area contributed by atoms with E-state index in [2.05, 4.69) is 42.3 Å². The SMILES string of the molecule is CCN(CC(NC)C(=O)OC)c1cccc(C)c1. The highest BCUT2D eigenvalue weighted by Crippen LogP contribution is 2.16. The van der Waals surface area contributed by atoms with Crippen LogP contribution in [0.15, 0.2) is 24.3 Å². The van der Waals surface area contributed by atoms with Crippen LogP contribution >= 0.6 is 0 Å². The molecular weight excluding hydrogens is 228 g/mol. The number of anilines is 1. The van der Waals surface area contributed by atoms with Gasteiger partial charge in [0, 0.05) is 18.8 Å². The summed E-state index contributed by atoms with van der Waals surface area (Å²) >= 11 is 0. The van der Waals surface area contributed by atoms with Crippen molar-refractivity contribution in [2.75, 3.05) is 32.1 Å². The van der Waals surface area contributed by atoms with E-state index in [4.69, 9.17) is 4.74 Å². The van der Waals surface area contributed by atoms with Crippen molar-refractivity contribution < 1.29 is 9.53 Å². The summed E-state index contributed by atoms with van der Waals surface area (Å²) < 4.78 is 4.78. The molecule has 1 N–H and O–H groups in total. The summed E-state index contributed by atoms with van der Waals surface area (Å²) in [4.78, 5) is 13.7. The van der Waals surface area contributed by atoms with Crippen molar-refractivity contribution in [2.45, 2.75) is 19.9 Å². The second-order valence-corrected chi connectivity index (χ2v) is 4.24. The van der Waals surface area contributed by atoms with E-state index in [0.717, 1.165) is 12.2 Å². The lowest BCUT2D eigenvalue weighted by Gasteiger charge is -2.27. The van der Waals surface area contributed by atoms with Gasteiger partial charge < -0.3 is 15.0 Å². The molecule has 0 saturated carbocycles. The molecule has 0 amide bonds. The summed E-state index contributed by atoms with van der Waals surface area (Å²) in [5, 5.41) is 2.99. The van der Waals surface area contributed by atoms with Gasteiger partial charge in [0.25, 0.3) is 0 Å². The molecule has 0 fully saturated rings. The standard InChI is InChI=1S/C14H22N2O2/c1-5-16(10-13(15-3)14(17)18-4)12-8-6-7-11(2)9-12/h6-9,13,15H,5,10H2,1-4H3. The largest absolute Gasteiger partial charge is 0.468 e. The molecule has 100 valence electrons. The van der Waals surface area contributed by atoms with Crippen LogP contribution in [0.1, 0.15) is 12.5 Å². The van der Waals surface area contributed by atoms with E-state index in [-0.39, 0.29) is 12.0 Å². The van der Waals surface area contributed by atoms with Gasteiger partial charge in [-0.05, 0) is 38.6 Å². The number of carbonyl (C=O) groups excluding carboxylic acids is 1. The van der Waals surface area contributed by atoms with Gasteiger partial charge in [-0.3, -0.25) is 4.79 Å². The fourth-order valence-corrected chi connectivity index (χ4v) is 1.89. The average Bonchev–Trinajstić information content (AvgIpc) is 2.39. The molecule has 0 aromatic heterocycles. The molecule has 0 aliphatic carbocycles. The Morgan fingerprint density at radius 3 is 2.72 bits per heavy atom. The van der Waals surface area contributed by atoms with E-state index in [0.29, 0.717) is 6.54 Å². The van der Waals surface area contributed by atoms with Gasteiger partial charge in [-0.2, -0.15) is 0 Å². The second-order valence-electron chi connectivity index (χ2n) is 4.24. The lowest BCUT2D eigenvalue weighted by molar-refractivity contribution is -0.142. The number of benzene rings is 1. The van der Waals surface area contributed by atoms with Crippen LogP contribution in [-0.4, -0.2) is 39.3 Å². The highest BCUT2D eigenvalue weighted by molar-refractivity contribution is 5.76. The van der Waals surface area contributed by atoms with E-state index in [1.165, 1.54) is 12.7 Å². The Morgan fingerprint density at radius 2 is 2.22 bits per heavy atom. The quantitative estimate of drug-likeness (QED) is 0.778. The van der Waals surface area contributed by atoms with Crippen LogP contribution in [0.3, 0.4) is 0 Å². The Bertz CT molecular complexity index is 393. The number of methoxy groups -OCH3 is 1. The number of nitrogens with one attached hydrogen (secondary N) is 1. The molecular formula is C14H22N2O2. The number of nitrogens with zero attached hydrogens (tertiary/aromatic N) is 1. The molecule has 1 rings (SSSR count). The van der Waals surface area contributed by atoms with Gasteiger partial charge in [-0.1, -0.05) is 12.1 Å². The van der Waals surface area contributed by atoms with Crippen molar-refractivity contribution in [3.8, 4) is 0 Å². The van der Waals surface area contributed by atoms with E-state index in [9.17, 15) is 4.79 Å². The van der Waals surface area contributed by atoms with Crippen molar-refractivity contribution in [3.63, 3.8) is 0 Å². The Balaban J connectivity index is 2.80. The van der Waals surface area contributed by atoms with Crippen molar-refractivity contribution >= 4 is 11.7 Å². The van der Waals surface area contributed by atoms with E-state index < -0.39 is 0 Å². The molecule has 1 unspecified atom stereocenters. The summed E-state index contributed by atoms with van der Waals surface area (Å²) in [6.45, 7) is 5.58. The lowest BCUT2D eigenvalue weighted by atomic mass is 10.2. The molecule has 4 heteroatoms. The van der Waals surface area contributed by atoms with Gasteiger partial charge in [0.05, 0.1) is 7.11 Å². The first-order valence-corrected chi connectivity index (χ1v) is 6.19. The Morgan fingerprint density at radius 1 is 1.50 bits per heavy atom. The number of hydrogen-bond acceptors (Lipinski definition) is 4. The number of ether oxygens (including phenoxy) is 1. The number of likely N-dealkylation sites (N-methyl/N-ethyl adjacent to an activating group) is 2. The van der Waals surface area contributed by atoms with Gasteiger partial charge in [0.2, 0.25) is 0 Å². The van der Waals surface area contributed by atoms with Crippen LogP contribution < -0.4 is 10.2 Å². The Labute approximate surface area is 109 Å². The van der Waals surface area contributed by atoms with Crippen LogP contribution in [0.5, 0.6) is 0 Å². The topological polar surface area (TPSA) is 41.6 Å². The fourth-order valence-electron chi connectivity index (χ4n) is 1.89. The zero-order valence-corrected chi connectivity index (χ0v) is 11.6. The molecule has 0 spiro atoms. The first-order chi connectivity index (χ1) is 8.62. The van der Waals surface area contributed by atoms with Crippen LogP contribution in [-0.2, 0) is 9.53 Å². The number of rotatable bonds is 6. The molecule has 0 bridgehead atoms. The van der Waals surface area contributed by atoms with Gasteiger partial charge in [-0.15, -0.1) is 0 Å². The van der Waals surface area contributed by atoms with Gasteiger partial charge >= 0.3 is 5.97 Å². The van der Waals surface area contributed by atoms with Crippen LogP contribution in [0, 0.1) is 6.92 Å². The van der Waals surface area contributed by atoms with E-state index in [1.807, 2.05) is 6.07 Å². The zero-order valence-electron chi connectivity index (χ0n) is 11.6.